The number of nitrogens with one attached hydrogen (secondary N) is 1. The van der Waals surface area contributed by atoms with Crippen LogP contribution in [0.5, 0.6) is 11.5 Å². The first-order valence-electron chi connectivity index (χ1n) is 11.9. The molecule has 0 fully saturated rings. The van der Waals surface area contributed by atoms with Gasteiger partial charge in [-0.2, -0.15) is 4.98 Å². The Morgan fingerprint density at radius 2 is 1.51 bits per heavy atom. The lowest BCUT2D eigenvalue weighted by Crippen LogP contribution is -2.45. The maximum atomic E-state index is 13.3. The molecular formula is C29H28N4O4. The second-order valence-corrected chi connectivity index (χ2v) is 8.88. The number of urea groups is 1. The number of carbonyl (C=O) groups excluding carboxylic acids is 1. The van der Waals surface area contributed by atoms with Crippen molar-refractivity contribution in [2.24, 2.45) is 0 Å². The van der Waals surface area contributed by atoms with Gasteiger partial charge in [-0.3, -0.25) is 4.90 Å². The van der Waals surface area contributed by atoms with E-state index in [1.165, 1.54) is 0 Å². The number of rotatable bonds is 7. The lowest BCUT2D eigenvalue weighted by atomic mass is 9.94. The Labute approximate surface area is 215 Å². The third-order valence-corrected chi connectivity index (χ3v) is 6.51. The van der Waals surface area contributed by atoms with Crippen LogP contribution in [-0.4, -0.2) is 35.3 Å². The number of ether oxygens (including phenoxy) is 2. The Hall–Kier alpha value is -4.59. The van der Waals surface area contributed by atoms with Crippen molar-refractivity contribution in [1.82, 2.24) is 20.4 Å². The summed E-state index contributed by atoms with van der Waals surface area (Å²) in [5.74, 6) is 2.33. The van der Waals surface area contributed by atoms with Gasteiger partial charge >= 0.3 is 6.03 Å². The van der Waals surface area contributed by atoms with E-state index in [2.05, 4.69) is 10.5 Å². The van der Waals surface area contributed by atoms with Crippen LogP contribution in [-0.2, 0) is 6.54 Å². The number of nitrogens with zero attached hydrogens (tertiary/aromatic N) is 3. The van der Waals surface area contributed by atoms with Gasteiger partial charge in [-0.15, -0.1) is 0 Å². The smallest absolute Gasteiger partial charge is 0.322 e. The van der Waals surface area contributed by atoms with Gasteiger partial charge in [0.15, 0.2) is 0 Å². The van der Waals surface area contributed by atoms with E-state index >= 15 is 0 Å². The molecular weight excluding hydrogens is 468 g/mol. The van der Waals surface area contributed by atoms with Gasteiger partial charge in [0.2, 0.25) is 5.82 Å². The van der Waals surface area contributed by atoms with Crippen LogP contribution >= 0.6 is 0 Å². The minimum Gasteiger partial charge on any atom is -0.497 e. The zero-order chi connectivity index (χ0) is 25.9. The first-order valence-corrected chi connectivity index (χ1v) is 11.9. The highest BCUT2D eigenvalue weighted by atomic mass is 16.5. The van der Waals surface area contributed by atoms with E-state index in [1.807, 2.05) is 86.6 Å². The molecule has 1 aliphatic heterocycles. The van der Waals surface area contributed by atoms with Crippen molar-refractivity contribution in [1.29, 1.82) is 0 Å². The van der Waals surface area contributed by atoms with Crippen molar-refractivity contribution in [3.05, 3.63) is 101 Å². The molecule has 0 spiro atoms. The molecule has 0 saturated carbocycles. The summed E-state index contributed by atoms with van der Waals surface area (Å²) in [5.41, 5.74) is 5.32. The lowest BCUT2D eigenvalue weighted by molar-refractivity contribution is 0.203. The number of carbonyl (C=O) groups is 1. The predicted octanol–water partition coefficient (Wildman–Crippen LogP) is 5.76. The van der Waals surface area contributed by atoms with E-state index < -0.39 is 6.04 Å². The molecule has 37 heavy (non-hydrogen) atoms. The predicted molar refractivity (Wildman–Crippen MR) is 140 cm³/mol. The summed E-state index contributed by atoms with van der Waals surface area (Å²) in [7, 11) is 3.25. The first-order chi connectivity index (χ1) is 18.0. The van der Waals surface area contributed by atoms with Crippen LogP contribution in [0.25, 0.3) is 17.0 Å². The first kappa shape index (κ1) is 24.1. The Kier molecular flexibility index (Phi) is 6.64. The van der Waals surface area contributed by atoms with E-state index in [9.17, 15) is 4.79 Å². The van der Waals surface area contributed by atoms with Crippen molar-refractivity contribution in [3.63, 3.8) is 0 Å². The molecule has 0 bridgehead atoms. The van der Waals surface area contributed by atoms with Crippen LogP contribution in [0.2, 0.25) is 0 Å². The standard InChI is InChI=1S/C29H28N4O4/c1-18-5-9-22(10-6-18)27-31-28(37-32-27)25-19(2)33(17-20-7-13-23(35-3)14-8-20)29(34)30-26(25)21-11-15-24(36-4)16-12-21/h5-16,26H,17H2,1-4H3,(H,30,34). The highest BCUT2D eigenvalue weighted by molar-refractivity contribution is 5.87. The number of hydrogen-bond donors (Lipinski definition) is 1. The molecule has 3 aromatic carbocycles. The lowest BCUT2D eigenvalue weighted by Gasteiger charge is -2.35. The number of benzene rings is 3. The van der Waals surface area contributed by atoms with Crippen LogP contribution in [0, 0.1) is 6.92 Å². The van der Waals surface area contributed by atoms with Gasteiger partial charge in [0.05, 0.1) is 32.4 Å². The van der Waals surface area contributed by atoms with Crippen LogP contribution in [0.4, 0.5) is 4.79 Å². The largest absolute Gasteiger partial charge is 0.497 e. The number of amides is 2. The van der Waals surface area contributed by atoms with E-state index in [-0.39, 0.29) is 6.03 Å². The number of aromatic nitrogens is 2. The summed E-state index contributed by atoms with van der Waals surface area (Å²) in [6.45, 7) is 4.31. The molecule has 1 aromatic heterocycles. The molecule has 1 aliphatic rings. The third-order valence-electron chi connectivity index (χ3n) is 6.51. The van der Waals surface area contributed by atoms with Crippen LogP contribution in [0.15, 0.2) is 83.0 Å². The Balaban J connectivity index is 1.56. The summed E-state index contributed by atoms with van der Waals surface area (Å²) in [6, 6.07) is 22.5. The molecule has 8 heteroatoms. The summed E-state index contributed by atoms with van der Waals surface area (Å²) in [6.07, 6.45) is 0. The van der Waals surface area contributed by atoms with Gasteiger partial charge < -0.3 is 19.3 Å². The minimum atomic E-state index is -0.475. The van der Waals surface area contributed by atoms with Gasteiger partial charge in [-0.25, -0.2) is 4.79 Å². The Morgan fingerprint density at radius 1 is 0.892 bits per heavy atom. The van der Waals surface area contributed by atoms with Gasteiger partial charge in [0, 0.05) is 11.3 Å². The van der Waals surface area contributed by atoms with Crippen LogP contribution in [0.3, 0.4) is 0 Å². The van der Waals surface area contributed by atoms with Crippen molar-refractivity contribution in [2.45, 2.75) is 26.4 Å². The number of methoxy groups -OCH3 is 2. The molecule has 1 unspecified atom stereocenters. The van der Waals surface area contributed by atoms with Gasteiger partial charge in [0.25, 0.3) is 5.89 Å². The molecule has 8 nitrogen and oxygen atoms in total. The molecule has 1 N–H and O–H groups in total. The van der Waals surface area contributed by atoms with Crippen molar-refractivity contribution >= 4 is 11.6 Å². The van der Waals surface area contributed by atoms with E-state index in [4.69, 9.17) is 19.0 Å². The third kappa shape index (κ3) is 4.91. The van der Waals surface area contributed by atoms with Gasteiger partial charge in [0.1, 0.15) is 11.5 Å². The fourth-order valence-corrected chi connectivity index (χ4v) is 4.36. The Morgan fingerprint density at radius 3 is 2.14 bits per heavy atom. The second-order valence-electron chi connectivity index (χ2n) is 8.88. The molecule has 1 atom stereocenters. The van der Waals surface area contributed by atoms with Crippen LogP contribution < -0.4 is 14.8 Å². The summed E-state index contributed by atoms with van der Waals surface area (Å²) in [5, 5.41) is 7.38. The molecule has 4 aromatic rings. The van der Waals surface area contributed by atoms with Crippen molar-refractivity contribution < 1.29 is 18.8 Å². The quantitative estimate of drug-likeness (QED) is 0.350. The Bertz CT molecular complexity index is 1420. The molecule has 188 valence electrons. The maximum absolute atomic E-state index is 13.3. The molecule has 5 rings (SSSR count). The van der Waals surface area contributed by atoms with Gasteiger partial charge in [-0.05, 0) is 49.2 Å². The van der Waals surface area contributed by atoms with E-state index in [0.29, 0.717) is 18.3 Å². The zero-order valence-electron chi connectivity index (χ0n) is 21.2. The zero-order valence-corrected chi connectivity index (χ0v) is 21.2. The maximum Gasteiger partial charge on any atom is 0.322 e. The fraction of sp³-hybridized carbons (Fsp3) is 0.207. The van der Waals surface area contributed by atoms with Crippen molar-refractivity contribution in [2.75, 3.05) is 14.2 Å². The molecule has 0 saturated heterocycles. The normalized spacial score (nSPS) is 15.5. The monoisotopic (exact) mass is 496 g/mol. The summed E-state index contributed by atoms with van der Waals surface area (Å²) < 4.78 is 16.4. The molecule has 2 heterocycles. The highest BCUT2D eigenvalue weighted by Crippen LogP contribution is 2.38. The summed E-state index contributed by atoms with van der Waals surface area (Å²) >= 11 is 0. The molecule has 0 aliphatic carbocycles. The average Bonchev–Trinajstić information content (AvgIpc) is 3.41. The molecule has 0 radical (unpaired) electrons. The average molecular weight is 497 g/mol. The second kappa shape index (κ2) is 10.2. The SMILES string of the molecule is COc1ccc(CN2C(=O)NC(c3ccc(OC)cc3)C(c3nc(-c4ccc(C)cc4)no3)=C2C)cc1. The number of aryl methyl sites for hydroxylation is 1. The van der Waals surface area contributed by atoms with E-state index in [1.54, 1.807) is 19.1 Å². The van der Waals surface area contributed by atoms with Gasteiger partial charge in [-0.1, -0.05) is 59.3 Å². The van der Waals surface area contributed by atoms with Crippen molar-refractivity contribution in [3.8, 4) is 22.9 Å². The summed E-state index contributed by atoms with van der Waals surface area (Å²) in [4.78, 5) is 19.8. The van der Waals surface area contributed by atoms with Crippen LogP contribution in [0.1, 0.15) is 35.5 Å². The topological polar surface area (TPSA) is 89.7 Å². The highest BCUT2D eigenvalue weighted by Gasteiger charge is 2.35. The van der Waals surface area contributed by atoms with E-state index in [0.717, 1.165) is 45.0 Å². The number of allylic oxidation sites excluding steroid dienone is 1. The molecule has 2 amide bonds. The number of hydrogen-bond acceptors (Lipinski definition) is 6. The fourth-order valence-electron chi connectivity index (χ4n) is 4.36. The minimum absolute atomic E-state index is 0.212.